The Kier molecular flexibility index (Phi) is 5.98. The largest absolute Gasteiger partial charge is 0.343 e. The molecule has 6 nitrogen and oxygen atoms in total. The fraction of sp³-hybridized carbons (Fsp3) is 0.526. The molecule has 3 rings (SSSR count). The van der Waals surface area contributed by atoms with Crippen LogP contribution in [0.1, 0.15) is 43.7 Å². The molecule has 2 aliphatic heterocycles. The highest BCUT2D eigenvalue weighted by Crippen LogP contribution is 2.34. The molecule has 140 valence electrons. The Bertz CT molecular complexity index is 726. The van der Waals surface area contributed by atoms with Gasteiger partial charge in [-0.2, -0.15) is 4.99 Å². The molecule has 1 aromatic rings. The molecule has 3 amide bonds. The molecule has 1 aromatic carbocycles. The summed E-state index contributed by atoms with van der Waals surface area (Å²) >= 11 is 1.32. The van der Waals surface area contributed by atoms with E-state index in [1.165, 1.54) is 11.8 Å². The predicted octanol–water partition coefficient (Wildman–Crippen LogP) is 3.02. The SMILES string of the molecule is Cc1ccc(C(C)C)c(N2C(=O)CS/C2=N\C(=O)NC2CCCNC2)c1. The van der Waals surface area contributed by atoms with Gasteiger partial charge in [0.05, 0.1) is 11.4 Å². The molecule has 0 aromatic heterocycles. The van der Waals surface area contributed by atoms with Gasteiger partial charge in [-0.15, -0.1) is 0 Å². The van der Waals surface area contributed by atoms with E-state index in [9.17, 15) is 9.59 Å². The van der Waals surface area contributed by atoms with Crippen LogP contribution in [0.15, 0.2) is 23.2 Å². The van der Waals surface area contributed by atoms with Crippen LogP contribution in [0.4, 0.5) is 10.5 Å². The second kappa shape index (κ2) is 8.22. The standard InChI is InChI=1S/C19H26N4O2S/c1-12(2)15-7-6-13(3)9-16(15)23-17(24)11-26-19(23)22-18(25)21-14-5-4-8-20-10-14/h6-7,9,12,14,20H,4-5,8,10-11H2,1-3H3,(H,21,25)/b22-19-. The Balaban J connectivity index is 1.85. The Labute approximate surface area is 158 Å². The van der Waals surface area contributed by atoms with E-state index in [0.717, 1.165) is 42.7 Å². The second-order valence-corrected chi connectivity index (χ2v) is 8.06. The van der Waals surface area contributed by atoms with Crippen molar-refractivity contribution in [3.05, 3.63) is 29.3 Å². The zero-order valence-corrected chi connectivity index (χ0v) is 16.4. The lowest BCUT2D eigenvalue weighted by Crippen LogP contribution is -2.45. The number of hydrogen-bond donors (Lipinski definition) is 2. The van der Waals surface area contributed by atoms with Crippen molar-refractivity contribution in [1.29, 1.82) is 0 Å². The first kappa shape index (κ1) is 18.9. The van der Waals surface area contributed by atoms with E-state index in [2.05, 4.69) is 35.5 Å². The molecule has 1 unspecified atom stereocenters. The molecule has 0 radical (unpaired) electrons. The number of carbonyl (C=O) groups is 2. The maximum atomic E-state index is 12.5. The van der Waals surface area contributed by atoms with Crippen molar-refractivity contribution < 1.29 is 9.59 Å². The van der Waals surface area contributed by atoms with E-state index in [1.807, 2.05) is 19.1 Å². The summed E-state index contributed by atoms with van der Waals surface area (Å²) in [7, 11) is 0. The monoisotopic (exact) mass is 374 g/mol. The molecular weight excluding hydrogens is 348 g/mol. The van der Waals surface area contributed by atoms with Gasteiger partial charge in [0.25, 0.3) is 0 Å². The Hall–Kier alpha value is -1.86. The van der Waals surface area contributed by atoms with Crippen LogP contribution in [0.3, 0.4) is 0 Å². The molecule has 2 saturated heterocycles. The van der Waals surface area contributed by atoms with E-state index in [-0.39, 0.29) is 23.9 Å². The molecular formula is C19H26N4O2S. The smallest absolute Gasteiger partial charge is 0.332 e. The zero-order valence-electron chi connectivity index (χ0n) is 15.5. The van der Waals surface area contributed by atoms with E-state index >= 15 is 0 Å². The zero-order chi connectivity index (χ0) is 18.7. The number of nitrogens with one attached hydrogen (secondary N) is 2. The predicted molar refractivity (Wildman–Crippen MR) is 107 cm³/mol. The number of amides is 3. The van der Waals surface area contributed by atoms with Gasteiger partial charge in [-0.25, -0.2) is 4.79 Å². The van der Waals surface area contributed by atoms with Crippen molar-refractivity contribution in [1.82, 2.24) is 10.6 Å². The number of aryl methyl sites for hydroxylation is 1. The highest BCUT2D eigenvalue weighted by molar-refractivity contribution is 8.15. The third-order valence-electron chi connectivity index (χ3n) is 4.64. The van der Waals surface area contributed by atoms with Gasteiger partial charge >= 0.3 is 6.03 Å². The first-order valence-corrected chi connectivity index (χ1v) is 10.1. The van der Waals surface area contributed by atoms with Crippen LogP contribution < -0.4 is 15.5 Å². The summed E-state index contributed by atoms with van der Waals surface area (Å²) in [5, 5.41) is 6.67. The lowest BCUT2D eigenvalue weighted by atomic mass is 9.99. The molecule has 2 heterocycles. The number of aliphatic imine (C=N–C) groups is 1. The van der Waals surface area contributed by atoms with Crippen LogP contribution in [0.2, 0.25) is 0 Å². The van der Waals surface area contributed by atoms with E-state index in [4.69, 9.17) is 0 Å². The summed E-state index contributed by atoms with van der Waals surface area (Å²) < 4.78 is 0. The third-order valence-corrected chi connectivity index (χ3v) is 5.56. The number of urea groups is 1. The van der Waals surface area contributed by atoms with E-state index in [1.54, 1.807) is 4.90 Å². The number of benzene rings is 1. The topological polar surface area (TPSA) is 73.8 Å². The third kappa shape index (κ3) is 4.27. The highest BCUT2D eigenvalue weighted by Gasteiger charge is 2.32. The maximum absolute atomic E-state index is 12.5. The molecule has 0 saturated carbocycles. The molecule has 26 heavy (non-hydrogen) atoms. The first-order chi connectivity index (χ1) is 12.5. The molecule has 2 aliphatic rings. The number of thioether (sulfide) groups is 1. The minimum absolute atomic E-state index is 0.0339. The van der Waals surface area contributed by atoms with Crippen molar-refractivity contribution in [2.75, 3.05) is 23.7 Å². The summed E-state index contributed by atoms with van der Waals surface area (Å²) in [6.45, 7) is 7.95. The van der Waals surface area contributed by atoms with Gasteiger partial charge < -0.3 is 10.6 Å². The number of hydrogen-bond acceptors (Lipinski definition) is 4. The summed E-state index contributed by atoms with van der Waals surface area (Å²) in [5.41, 5.74) is 2.99. The number of anilines is 1. The number of rotatable bonds is 3. The van der Waals surface area contributed by atoms with Gasteiger partial charge in [-0.1, -0.05) is 37.7 Å². The lowest BCUT2D eigenvalue weighted by Gasteiger charge is -2.24. The molecule has 7 heteroatoms. The minimum Gasteiger partial charge on any atom is -0.332 e. The van der Waals surface area contributed by atoms with Crippen LogP contribution in [0, 0.1) is 6.92 Å². The minimum atomic E-state index is -0.375. The van der Waals surface area contributed by atoms with Crippen LogP contribution in [-0.4, -0.2) is 42.0 Å². The Morgan fingerprint density at radius 1 is 1.42 bits per heavy atom. The summed E-state index contributed by atoms with van der Waals surface area (Å²) in [6, 6.07) is 5.82. The summed E-state index contributed by atoms with van der Waals surface area (Å²) in [5.74, 6) is 0.545. The first-order valence-electron chi connectivity index (χ1n) is 9.12. The van der Waals surface area contributed by atoms with Gasteiger partial charge in [-0.3, -0.25) is 9.69 Å². The highest BCUT2D eigenvalue weighted by atomic mass is 32.2. The second-order valence-electron chi connectivity index (χ2n) is 7.12. The van der Waals surface area contributed by atoms with Crippen molar-refractivity contribution in [2.45, 2.75) is 45.6 Å². The van der Waals surface area contributed by atoms with Gasteiger partial charge in [0.15, 0.2) is 5.17 Å². The average molecular weight is 375 g/mol. The molecule has 2 fully saturated rings. The fourth-order valence-electron chi connectivity index (χ4n) is 3.29. The molecule has 0 aliphatic carbocycles. The van der Waals surface area contributed by atoms with E-state index in [0.29, 0.717) is 10.9 Å². The summed E-state index contributed by atoms with van der Waals surface area (Å²) in [4.78, 5) is 30.7. The molecule has 1 atom stereocenters. The van der Waals surface area contributed by atoms with Crippen LogP contribution in [-0.2, 0) is 4.79 Å². The molecule has 0 spiro atoms. The quantitative estimate of drug-likeness (QED) is 0.853. The number of nitrogens with zero attached hydrogens (tertiary/aromatic N) is 2. The Morgan fingerprint density at radius 2 is 2.23 bits per heavy atom. The molecule has 0 bridgehead atoms. The van der Waals surface area contributed by atoms with Crippen LogP contribution >= 0.6 is 11.8 Å². The van der Waals surface area contributed by atoms with Gasteiger partial charge in [0.2, 0.25) is 5.91 Å². The van der Waals surface area contributed by atoms with E-state index < -0.39 is 0 Å². The Morgan fingerprint density at radius 3 is 2.92 bits per heavy atom. The number of piperidine rings is 1. The van der Waals surface area contributed by atoms with Crippen LogP contribution in [0.5, 0.6) is 0 Å². The number of amidine groups is 1. The van der Waals surface area contributed by atoms with Gasteiger partial charge in [0, 0.05) is 12.6 Å². The maximum Gasteiger partial charge on any atom is 0.343 e. The average Bonchev–Trinajstić information content (AvgIpc) is 2.95. The fourth-order valence-corrected chi connectivity index (χ4v) is 4.14. The number of carbonyl (C=O) groups excluding carboxylic acids is 2. The molecule has 2 N–H and O–H groups in total. The van der Waals surface area contributed by atoms with Crippen molar-refractivity contribution in [3.63, 3.8) is 0 Å². The van der Waals surface area contributed by atoms with Gasteiger partial charge in [-0.05, 0) is 49.4 Å². The van der Waals surface area contributed by atoms with Crippen molar-refractivity contribution in [2.24, 2.45) is 4.99 Å². The van der Waals surface area contributed by atoms with Crippen molar-refractivity contribution >= 4 is 34.6 Å². The van der Waals surface area contributed by atoms with Crippen LogP contribution in [0.25, 0.3) is 0 Å². The lowest BCUT2D eigenvalue weighted by molar-refractivity contribution is -0.115. The van der Waals surface area contributed by atoms with Crippen molar-refractivity contribution in [3.8, 4) is 0 Å². The van der Waals surface area contributed by atoms with Gasteiger partial charge in [0.1, 0.15) is 0 Å². The summed E-state index contributed by atoms with van der Waals surface area (Å²) in [6.07, 6.45) is 2.00. The normalized spacial score (nSPS) is 22.3.